The number of hydrogen-bond donors (Lipinski definition) is 3. The van der Waals surface area contributed by atoms with Gasteiger partial charge in [-0.15, -0.1) is 0 Å². The lowest BCUT2D eigenvalue weighted by Gasteiger charge is -2.13. The third kappa shape index (κ3) is 5.84. The average molecular weight is 389 g/mol. The third-order valence-electron chi connectivity index (χ3n) is 4.07. The molecule has 0 aliphatic heterocycles. The summed E-state index contributed by atoms with van der Waals surface area (Å²) >= 11 is 0. The molecule has 0 saturated carbocycles. The number of carbonyl (C=O) groups excluding carboxylic acids is 2. The van der Waals surface area contributed by atoms with Crippen molar-refractivity contribution in [3.05, 3.63) is 84.4 Å². The summed E-state index contributed by atoms with van der Waals surface area (Å²) in [5.74, 6) is 0.291. The van der Waals surface area contributed by atoms with Crippen molar-refractivity contribution in [3.63, 3.8) is 0 Å². The van der Waals surface area contributed by atoms with Crippen LogP contribution in [-0.4, -0.2) is 25.0 Å². The summed E-state index contributed by atoms with van der Waals surface area (Å²) in [6.45, 7) is 2.55. The first-order valence-corrected chi connectivity index (χ1v) is 9.37. The van der Waals surface area contributed by atoms with Crippen LogP contribution in [-0.2, 0) is 4.79 Å². The van der Waals surface area contributed by atoms with Crippen molar-refractivity contribution in [1.29, 1.82) is 0 Å². The van der Waals surface area contributed by atoms with Crippen molar-refractivity contribution in [3.8, 4) is 5.75 Å². The number of nitrogens with one attached hydrogen (secondary N) is 3. The Balaban J connectivity index is 1.57. The Morgan fingerprint density at radius 3 is 2.28 bits per heavy atom. The van der Waals surface area contributed by atoms with Crippen molar-refractivity contribution in [2.24, 2.45) is 0 Å². The van der Waals surface area contributed by atoms with Gasteiger partial charge in [-0.2, -0.15) is 0 Å². The van der Waals surface area contributed by atoms with Crippen LogP contribution in [0, 0.1) is 0 Å². The lowest BCUT2D eigenvalue weighted by Crippen LogP contribution is -2.22. The standard InChI is InChI=1S/C23H23N3O3/c1-2-29-21-14-7-6-13-20(21)24-16-22(27)25-18-11-8-12-19(15-18)26-23(28)17-9-4-3-5-10-17/h3-15,24H,2,16H2,1H3,(H,25,27)(H,26,28). The van der Waals surface area contributed by atoms with Gasteiger partial charge in [0.15, 0.2) is 0 Å². The predicted molar refractivity (Wildman–Crippen MR) is 116 cm³/mol. The maximum absolute atomic E-state index is 12.3. The number of hydrogen-bond acceptors (Lipinski definition) is 4. The van der Waals surface area contributed by atoms with Crippen molar-refractivity contribution >= 4 is 28.9 Å². The van der Waals surface area contributed by atoms with Crippen molar-refractivity contribution in [1.82, 2.24) is 0 Å². The normalized spacial score (nSPS) is 10.1. The maximum atomic E-state index is 12.3. The molecule has 0 aromatic heterocycles. The predicted octanol–water partition coefficient (Wildman–Crippen LogP) is 4.39. The van der Waals surface area contributed by atoms with E-state index in [2.05, 4.69) is 16.0 Å². The van der Waals surface area contributed by atoms with Gasteiger partial charge >= 0.3 is 0 Å². The van der Waals surface area contributed by atoms with Crippen LogP contribution < -0.4 is 20.7 Å². The zero-order valence-electron chi connectivity index (χ0n) is 16.1. The zero-order valence-corrected chi connectivity index (χ0v) is 16.1. The van der Waals surface area contributed by atoms with E-state index in [-0.39, 0.29) is 18.4 Å². The van der Waals surface area contributed by atoms with E-state index < -0.39 is 0 Å². The molecule has 0 heterocycles. The molecule has 3 aromatic carbocycles. The number of anilines is 3. The molecule has 0 radical (unpaired) electrons. The molecule has 3 N–H and O–H groups in total. The summed E-state index contributed by atoms with van der Waals surface area (Å²) in [5.41, 5.74) is 2.53. The first-order valence-electron chi connectivity index (χ1n) is 9.37. The fourth-order valence-electron chi connectivity index (χ4n) is 2.74. The molecule has 0 fully saturated rings. The minimum Gasteiger partial charge on any atom is -0.492 e. The molecule has 0 saturated heterocycles. The van der Waals surface area contributed by atoms with Gasteiger partial charge in [0.1, 0.15) is 5.75 Å². The average Bonchev–Trinajstić information content (AvgIpc) is 2.74. The first kappa shape index (κ1) is 19.9. The summed E-state index contributed by atoms with van der Waals surface area (Å²) in [6, 6.07) is 23.4. The van der Waals surface area contributed by atoms with E-state index in [1.54, 1.807) is 36.4 Å². The number of rotatable bonds is 8. The Morgan fingerprint density at radius 2 is 1.52 bits per heavy atom. The second kappa shape index (κ2) is 9.94. The van der Waals surface area contributed by atoms with Gasteiger partial charge in [0, 0.05) is 16.9 Å². The SMILES string of the molecule is CCOc1ccccc1NCC(=O)Nc1cccc(NC(=O)c2ccccc2)c1. The van der Waals surface area contributed by atoms with E-state index in [4.69, 9.17) is 4.74 Å². The van der Waals surface area contributed by atoms with E-state index in [1.165, 1.54) is 0 Å². The Hall–Kier alpha value is -3.80. The van der Waals surface area contributed by atoms with Crippen LogP contribution in [0.4, 0.5) is 17.1 Å². The maximum Gasteiger partial charge on any atom is 0.255 e. The molecule has 148 valence electrons. The molecule has 3 rings (SSSR count). The van der Waals surface area contributed by atoms with E-state index in [0.717, 1.165) is 5.69 Å². The number of ether oxygens (including phenoxy) is 1. The molecule has 0 aliphatic rings. The Bertz CT molecular complexity index is 974. The molecule has 6 heteroatoms. The highest BCUT2D eigenvalue weighted by atomic mass is 16.5. The number of benzene rings is 3. The van der Waals surface area contributed by atoms with Crippen LogP contribution in [0.15, 0.2) is 78.9 Å². The van der Waals surface area contributed by atoms with Gasteiger partial charge in [-0.1, -0.05) is 36.4 Å². The zero-order chi connectivity index (χ0) is 20.5. The lowest BCUT2D eigenvalue weighted by atomic mass is 10.2. The highest BCUT2D eigenvalue weighted by molar-refractivity contribution is 6.04. The van der Waals surface area contributed by atoms with Crippen molar-refractivity contribution < 1.29 is 14.3 Å². The van der Waals surface area contributed by atoms with Gasteiger partial charge in [0.2, 0.25) is 5.91 Å². The monoisotopic (exact) mass is 389 g/mol. The summed E-state index contributed by atoms with van der Waals surface area (Å²) in [6.07, 6.45) is 0. The number of para-hydroxylation sites is 2. The van der Waals surface area contributed by atoms with Crippen LogP contribution in [0.3, 0.4) is 0 Å². The minimum absolute atomic E-state index is 0.0880. The fourth-order valence-corrected chi connectivity index (χ4v) is 2.74. The van der Waals surface area contributed by atoms with Crippen LogP contribution in [0.1, 0.15) is 17.3 Å². The highest BCUT2D eigenvalue weighted by Gasteiger charge is 2.08. The number of amides is 2. The van der Waals surface area contributed by atoms with Gasteiger partial charge in [0.25, 0.3) is 5.91 Å². The van der Waals surface area contributed by atoms with Gasteiger partial charge in [-0.3, -0.25) is 9.59 Å². The smallest absolute Gasteiger partial charge is 0.255 e. The Labute approximate surface area is 169 Å². The van der Waals surface area contributed by atoms with E-state index in [9.17, 15) is 9.59 Å². The van der Waals surface area contributed by atoms with Gasteiger partial charge < -0.3 is 20.7 Å². The molecule has 0 spiro atoms. The molecule has 0 aliphatic carbocycles. The molecule has 3 aromatic rings. The molecule has 6 nitrogen and oxygen atoms in total. The van der Waals surface area contributed by atoms with Crippen molar-refractivity contribution in [2.45, 2.75) is 6.92 Å². The largest absolute Gasteiger partial charge is 0.492 e. The quantitative estimate of drug-likeness (QED) is 0.534. The highest BCUT2D eigenvalue weighted by Crippen LogP contribution is 2.23. The summed E-state index contributed by atoms with van der Waals surface area (Å²) in [7, 11) is 0. The van der Waals surface area contributed by atoms with Crippen LogP contribution in [0.25, 0.3) is 0 Å². The molecule has 0 atom stereocenters. The molecule has 0 unspecified atom stereocenters. The van der Waals surface area contributed by atoms with E-state index >= 15 is 0 Å². The second-order valence-corrected chi connectivity index (χ2v) is 6.23. The third-order valence-corrected chi connectivity index (χ3v) is 4.07. The summed E-state index contributed by atoms with van der Waals surface area (Å²) in [5, 5.41) is 8.73. The molecule has 0 bridgehead atoms. The van der Waals surface area contributed by atoms with Crippen LogP contribution >= 0.6 is 0 Å². The minimum atomic E-state index is -0.206. The molecule has 29 heavy (non-hydrogen) atoms. The van der Waals surface area contributed by atoms with Crippen molar-refractivity contribution in [2.75, 3.05) is 29.1 Å². The van der Waals surface area contributed by atoms with Gasteiger partial charge in [-0.25, -0.2) is 0 Å². The fraction of sp³-hybridized carbons (Fsp3) is 0.130. The second-order valence-electron chi connectivity index (χ2n) is 6.23. The molecular weight excluding hydrogens is 366 g/mol. The van der Waals surface area contributed by atoms with E-state index in [1.807, 2.05) is 49.4 Å². The van der Waals surface area contributed by atoms with Gasteiger partial charge in [0.05, 0.1) is 18.8 Å². The summed E-state index contributed by atoms with van der Waals surface area (Å²) < 4.78 is 5.54. The lowest BCUT2D eigenvalue weighted by molar-refractivity contribution is -0.114. The molecule has 2 amide bonds. The van der Waals surface area contributed by atoms with Gasteiger partial charge in [-0.05, 0) is 49.4 Å². The Kier molecular flexibility index (Phi) is 6.84. The molecular formula is C23H23N3O3. The summed E-state index contributed by atoms with van der Waals surface area (Å²) in [4.78, 5) is 24.6. The number of carbonyl (C=O) groups is 2. The van der Waals surface area contributed by atoms with Crippen LogP contribution in [0.2, 0.25) is 0 Å². The van der Waals surface area contributed by atoms with E-state index in [0.29, 0.717) is 29.3 Å². The van der Waals surface area contributed by atoms with Crippen LogP contribution in [0.5, 0.6) is 5.75 Å². The first-order chi connectivity index (χ1) is 14.2. The Morgan fingerprint density at radius 1 is 0.828 bits per heavy atom. The topological polar surface area (TPSA) is 79.5 Å².